The Balaban J connectivity index is 1.86. The van der Waals surface area contributed by atoms with Crippen LogP contribution in [-0.4, -0.2) is 29.5 Å². The molecule has 1 unspecified atom stereocenters. The molecule has 4 nitrogen and oxygen atoms in total. The second-order valence-electron chi connectivity index (χ2n) is 3.76. The van der Waals surface area contributed by atoms with Crippen LogP contribution in [0.1, 0.15) is 36.2 Å². The van der Waals surface area contributed by atoms with E-state index >= 15 is 0 Å². The molecule has 2 heterocycles. The molecule has 15 heavy (non-hydrogen) atoms. The average molecular weight is 227 g/mol. The molecule has 5 heteroatoms. The molecule has 1 N–H and O–H groups in total. The van der Waals surface area contributed by atoms with Crippen LogP contribution in [0, 0.1) is 0 Å². The zero-order chi connectivity index (χ0) is 10.5. The largest absolute Gasteiger partial charge is 0.339 e. The summed E-state index contributed by atoms with van der Waals surface area (Å²) in [5, 5.41) is 7.63. The molecule has 0 saturated carbocycles. The minimum Gasteiger partial charge on any atom is -0.339 e. The van der Waals surface area contributed by atoms with Crippen LogP contribution in [0.2, 0.25) is 0 Å². The second-order valence-corrected chi connectivity index (χ2v) is 5.07. The Kier molecular flexibility index (Phi) is 4.02. The fraction of sp³-hybridized carbons (Fsp3) is 0.800. The average Bonchev–Trinajstić information content (AvgIpc) is 2.87. The van der Waals surface area contributed by atoms with Gasteiger partial charge in [-0.2, -0.15) is 16.7 Å². The minimum absolute atomic E-state index is 0.479. The van der Waals surface area contributed by atoms with Crippen molar-refractivity contribution in [2.24, 2.45) is 0 Å². The maximum absolute atomic E-state index is 5.22. The van der Waals surface area contributed by atoms with Crippen molar-refractivity contribution in [3.05, 3.63) is 11.7 Å². The van der Waals surface area contributed by atoms with Crippen molar-refractivity contribution in [2.75, 3.05) is 19.3 Å². The highest BCUT2D eigenvalue weighted by molar-refractivity contribution is 7.99. The first kappa shape index (κ1) is 11.0. The van der Waals surface area contributed by atoms with Crippen LogP contribution < -0.4 is 5.32 Å². The van der Waals surface area contributed by atoms with E-state index in [2.05, 4.69) is 15.5 Å². The van der Waals surface area contributed by atoms with Crippen LogP contribution in [0.4, 0.5) is 0 Å². The number of hydrogen-bond acceptors (Lipinski definition) is 5. The normalized spacial score (nSPS) is 21.0. The zero-order valence-corrected chi connectivity index (χ0v) is 9.85. The minimum atomic E-state index is 0.479. The molecule has 0 bridgehead atoms. The van der Waals surface area contributed by atoms with Gasteiger partial charge in [-0.25, -0.2) is 0 Å². The lowest BCUT2D eigenvalue weighted by molar-refractivity contribution is 0.369. The van der Waals surface area contributed by atoms with Crippen molar-refractivity contribution >= 4 is 11.8 Å². The lowest BCUT2D eigenvalue weighted by atomic mass is 10.2. The van der Waals surface area contributed by atoms with E-state index in [1.54, 1.807) is 0 Å². The second kappa shape index (κ2) is 5.51. The molecule has 0 amide bonds. The van der Waals surface area contributed by atoms with Crippen LogP contribution in [0.5, 0.6) is 0 Å². The van der Waals surface area contributed by atoms with Gasteiger partial charge in [0.25, 0.3) is 0 Å². The van der Waals surface area contributed by atoms with Crippen molar-refractivity contribution in [3.8, 4) is 0 Å². The van der Waals surface area contributed by atoms with E-state index in [-0.39, 0.29) is 0 Å². The summed E-state index contributed by atoms with van der Waals surface area (Å²) in [5.41, 5.74) is 0. The summed E-state index contributed by atoms with van der Waals surface area (Å²) in [7, 11) is 1.95. The number of hydrogen-bond donors (Lipinski definition) is 1. The van der Waals surface area contributed by atoms with Crippen molar-refractivity contribution in [2.45, 2.75) is 30.9 Å². The summed E-state index contributed by atoms with van der Waals surface area (Å²) in [6, 6.07) is 0. The number of nitrogens with zero attached hydrogens (tertiary/aromatic N) is 2. The Hall–Kier alpha value is -0.550. The fourth-order valence-electron chi connectivity index (χ4n) is 1.70. The van der Waals surface area contributed by atoms with Gasteiger partial charge in [-0.3, -0.25) is 0 Å². The molecule has 1 aromatic heterocycles. The maximum Gasteiger partial charge on any atom is 0.226 e. The number of aromatic nitrogens is 2. The summed E-state index contributed by atoms with van der Waals surface area (Å²) in [6.07, 6.45) is 4.40. The van der Waals surface area contributed by atoms with Gasteiger partial charge in [-0.05, 0) is 38.6 Å². The summed E-state index contributed by atoms with van der Waals surface area (Å²) < 4.78 is 5.22. The molecule has 1 fully saturated rings. The number of nitrogens with one attached hydrogen (secondary N) is 1. The van der Waals surface area contributed by atoms with Gasteiger partial charge >= 0.3 is 0 Å². The number of aryl methyl sites for hydroxylation is 1. The van der Waals surface area contributed by atoms with Crippen LogP contribution in [0.15, 0.2) is 4.52 Å². The van der Waals surface area contributed by atoms with Crippen molar-refractivity contribution < 1.29 is 4.52 Å². The highest BCUT2D eigenvalue weighted by atomic mass is 32.2. The molecule has 1 aliphatic rings. The van der Waals surface area contributed by atoms with Crippen molar-refractivity contribution in [1.29, 1.82) is 0 Å². The molecule has 1 aromatic rings. The molecule has 1 saturated heterocycles. The van der Waals surface area contributed by atoms with E-state index in [1.807, 2.05) is 18.8 Å². The van der Waals surface area contributed by atoms with Gasteiger partial charge in [0, 0.05) is 6.42 Å². The van der Waals surface area contributed by atoms with E-state index in [0.29, 0.717) is 5.25 Å². The Morgan fingerprint density at radius 2 is 2.53 bits per heavy atom. The van der Waals surface area contributed by atoms with Gasteiger partial charge < -0.3 is 9.84 Å². The quantitative estimate of drug-likeness (QED) is 0.777. The fourth-order valence-corrected chi connectivity index (χ4v) is 2.89. The summed E-state index contributed by atoms with van der Waals surface area (Å²) in [5.74, 6) is 2.92. The molecule has 0 aliphatic carbocycles. The highest BCUT2D eigenvalue weighted by Crippen LogP contribution is 2.38. The van der Waals surface area contributed by atoms with Gasteiger partial charge in [-0.1, -0.05) is 5.16 Å². The van der Waals surface area contributed by atoms with Crippen LogP contribution in [-0.2, 0) is 6.42 Å². The zero-order valence-electron chi connectivity index (χ0n) is 9.03. The molecule has 84 valence electrons. The summed E-state index contributed by atoms with van der Waals surface area (Å²) >= 11 is 1.94. The lowest BCUT2D eigenvalue weighted by Gasteiger charge is -1.99. The Bertz CT molecular complexity index is 297. The van der Waals surface area contributed by atoms with Crippen molar-refractivity contribution in [1.82, 2.24) is 15.5 Å². The topological polar surface area (TPSA) is 51.0 Å². The SMILES string of the molecule is CNCCCc1nc(C2CCCS2)no1. The van der Waals surface area contributed by atoms with Crippen LogP contribution >= 0.6 is 11.8 Å². The van der Waals surface area contributed by atoms with E-state index in [9.17, 15) is 0 Å². The maximum atomic E-state index is 5.22. The smallest absolute Gasteiger partial charge is 0.226 e. The van der Waals surface area contributed by atoms with E-state index in [1.165, 1.54) is 18.6 Å². The predicted octanol–water partition coefficient (Wildman–Crippen LogP) is 1.79. The molecular formula is C10H17N3OS. The third kappa shape index (κ3) is 2.95. The van der Waals surface area contributed by atoms with Gasteiger partial charge in [0.2, 0.25) is 5.89 Å². The molecule has 1 aliphatic heterocycles. The van der Waals surface area contributed by atoms with E-state index in [0.717, 1.165) is 31.1 Å². The first-order valence-corrected chi connectivity index (χ1v) is 6.53. The van der Waals surface area contributed by atoms with Gasteiger partial charge in [0.1, 0.15) is 0 Å². The van der Waals surface area contributed by atoms with Crippen LogP contribution in [0.25, 0.3) is 0 Å². The van der Waals surface area contributed by atoms with E-state index < -0.39 is 0 Å². The first-order valence-electron chi connectivity index (χ1n) is 5.49. The predicted molar refractivity (Wildman–Crippen MR) is 61.0 cm³/mol. The molecule has 0 spiro atoms. The molecular weight excluding hydrogens is 210 g/mol. The van der Waals surface area contributed by atoms with Gasteiger partial charge in [0.05, 0.1) is 5.25 Å². The monoisotopic (exact) mass is 227 g/mol. The summed E-state index contributed by atoms with van der Waals surface area (Å²) in [4.78, 5) is 4.44. The lowest BCUT2D eigenvalue weighted by Crippen LogP contribution is -2.08. The van der Waals surface area contributed by atoms with Gasteiger partial charge in [-0.15, -0.1) is 0 Å². The molecule has 2 rings (SSSR count). The first-order chi connectivity index (χ1) is 7.40. The molecule has 1 atom stereocenters. The number of thioether (sulfide) groups is 1. The molecule has 0 aromatic carbocycles. The Labute approximate surface area is 94.2 Å². The Morgan fingerprint density at radius 1 is 1.60 bits per heavy atom. The molecule has 0 radical (unpaired) electrons. The van der Waals surface area contributed by atoms with Crippen molar-refractivity contribution in [3.63, 3.8) is 0 Å². The Morgan fingerprint density at radius 3 is 3.27 bits per heavy atom. The standard InChI is InChI=1S/C10H17N3OS/c1-11-6-2-5-9-12-10(13-14-9)8-4-3-7-15-8/h8,11H,2-7H2,1H3. The van der Waals surface area contributed by atoms with Gasteiger partial charge in [0.15, 0.2) is 5.82 Å². The highest BCUT2D eigenvalue weighted by Gasteiger charge is 2.22. The van der Waals surface area contributed by atoms with Crippen LogP contribution in [0.3, 0.4) is 0 Å². The third-order valence-electron chi connectivity index (χ3n) is 2.52. The number of rotatable bonds is 5. The van der Waals surface area contributed by atoms with E-state index in [4.69, 9.17) is 4.52 Å². The summed E-state index contributed by atoms with van der Waals surface area (Å²) in [6.45, 7) is 0.996. The third-order valence-corrected chi connectivity index (χ3v) is 3.89.